The maximum Gasteiger partial charge on any atom is 0.255 e. The first-order valence-electron chi connectivity index (χ1n) is 8.92. The molecule has 0 aliphatic carbocycles. The van der Waals surface area contributed by atoms with Gasteiger partial charge in [0.25, 0.3) is 5.91 Å². The van der Waals surface area contributed by atoms with Crippen LogP contribution in [0.4, 0.5) is 11.4 Å². The molecule has 0 spiro atoms. The van der Waals surface area contributed by atoms with Crippen molar-refractivity contribution in [3.63, 3.8) is 0 Å². The average Bonchev–Trinajstić information content (AvgIpc) is 2.63. The summed E-state index contributed by atoms with van der Waals surface area (Å²) in [4.78, 5) is 24.0. The molecule has 0 bridgehead atoms. The van der Waals surface area contributed by atoms with Crippen molar-refractivity contribution in [1.82, 2.24) is 9.97 Å². The number of anilines is 2. The van der Waals surface area contributed by atoms with Crippen molar-refractivity contribution < 1.29 is 4.79 Å². The SMILES string of the molecule is Cc1nc2ccc(C(=O)Nc3ccc4c(c3)N(C)CCC4)cc2nc1C. The lowest BCUT2D eigenvalue weighted by molar-refractivity contribution is 0.102. The highest BCUT2D eigenvalue weighted by Gasteiger charge is 2.15. The predicted octanol–water partition coefficient (Wildman–Crippen LogP) is 3.88. The van der Waals surface area contributed by atoms with Crippen LogP contribution in [-0.4, -0.2) is 29.5 Å². The molecule has 0 saturated carbocycles. The normalized spacial score (nSPS) is 13.6. The third kappa shape index (κ3) is 3.01. The van der Waals surface area contributed by atoms with Crippen molar-refractivity contribution in [2.24, 2.45) is 0 Å². The first-order valence-corrected chi connectivity index (χ1v) is 8.92. The molecule has 0 atom stereocenters. The second-order valence-electron chi connectivity index (χ2n) is 6.92. The van der Waals surface area contributed by atoms with E-state index in [0.29, 0.717) is 5.56 Å². The number of nitrogens with one attached hydrogen (secondary N) is 1. The van der Waals surface area contributed by atoms with Crippen LogP contribution in [0.15, 0.2) is 36.4 Å². The number of amides is 1. The van der Waals surface area contributed by atoms with Crippen LogP contribution in [-0.2, 0) is 6.42 Å². The van der Waals surface area contributed by atoms with Gasteiger partial charge in [-0.1, -0.05) is 6.07 Å². The zero-order valence-electron chi connectivity index (χ0n) is 15.3. The smallest absolute Gasteiger partial charge is 0.255 e. The number of carbonyl (C=O) groups is 1. The summed E-state index contributed by atoms with van der Waals surface area (Å²) < 4.78 is 0. The number of rotatable bonds is 2. The summed E-state index contributed by atoms with van der Waals surface area (Å²) in [7, 11) is 2.09. The molecule has 4 rings (SSSR count). The van der Waals surface area contributed by atoms with E-state index in [1.54, 1.807) is 12.1 Å². The van der Waals surface area contributed by atoms with Gasteiger partial charge in [0, 0.05) is 30.5 Å². The van der Waals surface area contributed by atoms with Crippen molar-refractivity contribution in [2.75, 3.05) is 23.8 Å². The number of aryl methyl sites for hydroxylation is 3. The summed E-state index contributed by atoms with van der Waals surface area (Å²) in [6.45, 7) is 4.92. The van der Waals surface area contributed by atoms with E-state index in [2.05, 4.69) is 39.4 Å². The zero-order chi connectivity index (χ0) is 18.3. The fourth-order valence-electron chi connectivity index (χ4n) is 3.41. The monoisotopic (exact) mass is 346 g/mol. The molecule has 1 aliphatic rings. The minimum absolute atomic E-state index is 0.134. The molecule has 5 nitrogen and oxygen atoms in total. The summed E-state index contributed by atoms with van der Waals surface area (Å²) in [6.07, 6.45) is 2.27. The molecule has 2 aromatic carbocycles. The number of carbonyl (C=O) groups excluding carboxylic acids is 1. The Hall–Kier alpha value is -2.95. The third-order valence-electron chi connectivity index (χ3n) is 5.03. The molecule has 1 aliphatic heterocycles. The summed E-state index contributed by atoms with van der Waals surface area (Å²) in [5, 5.41) is 3.01. The first kappa shape index (κ1) is 16.5. The lowest BCUT2D eigenvalue weighted by Gasteiger charge is -2.28. The molecule has 1 N–H and O–H groups in total. The van der Waals surface area contributed by atoms with Crippen LogP contribution in [0.1, 0.15) is 33.7 Å². The van der Waals surface area contributed by atoms with Gasteiger partial charge in [-0.3, -0.25) is 4.79 Å². The van der Waals surface area contributed by atoms with Gasteiger partial charge in [-0.25, -0.2) is 9.97 Å². The highest BCUT2D eigenvalue weighted by atomic mass is 16.1. The predicted molar refractivity (Wildman–Crippen MR) is 105 cm³/mol. The van der Waals surface area contributed by atoms with Gasteiger partial charge >= 0.3 is 0 Å². The van der Waals surface area contributed by atoms with Gasteiger partial charge in [-0.15, -0.1) is 0 Å². The van der Waals surface area contributed by atoms with Crippen LogP contribution in [0.3, 0.4) is 0 Å². The molecule has 2 heterocycles. The largest absolute Gasteiger partial charge is 0.374 e. The van der Waals surface area contributed by atoms with Crippen molar-refractivity contribution >= 4 is 28.3 Å². The van der Waals surface area contributed by atoms with Crippen molar-refractivity contribution in [3.8, 4) is 0 Å². The van der Waals surface area contributed by atoms with Gasteiger partial charge in [0.2, 0.25) is 0 Å². The van der Waals surface area contributed by atoms with Gasteiger partial charge in [-0.2, -0.15) is 0 Å². The van der Waals surface area contributed by atoms with Crippen molar-refractivity contribution in [1.29, 1.82) is 0 Å². The number of aromatic nitrogens is 2. The molecule has 0 saturated heterocycles. The number of hydrogen-bond donors (Lipinski definition) is 1. The Balaban J connectivity index is 1.61. The standard InChI is InChI=1S/C21H22N4O/c1-13-14(2)23-19-11-16(7-9-18(19)22-13)21(26)24-17-8-6-15-5-4-10-25(3)20(15)12-17/h6-9,11-12H,4-5,10H2,1-3H3,(H,24,26). The fourth-order valence-corrected chi connectivity index (χ4v) is 3.41. The molecule has 0 fully saturated rings. The maximum absolute atomic E-state index is 12.7. The van der Waals surface area contributed by atoms with E-state index in [4.69, 9.17) is 0 Å². The Labute approximate surface area is 153 Å². The maximum atomic E-state index is 12.7. The van der Waals surface area contributed by atoms with E-state index in [1.807, 2.05) is 26.0 Å². The summed E-state index contributed by atoms with van der Waals surface area (Å²) in [5.74, 6) is -0.134. The minimum atomic E-state index is -0.134. The van der Waals surface area contributed by atoms with E-state index < -0.39 is 0 Å². The molecule has 5 heteroatoms. The molecular formula is C21H22N4O. The molecule has 26 heavy (non-hydrogen) atoms. The van der Waals surface area contributed by atoms with E-state index in [1.165, 1.54) is 17.7 Å². The van der Waals surface area contributed by atoms with Gasteiger partial charge in [0.05, 0.1) is 22.4 Å². The van der Waals surface area contributed by atoms with Crippen molar-refractivity contribution in [2.45, 2.75) is 26.7 Å². The molecule has 1 amide bonds. The van der Waals surface area contributed by atoms with Gasteiger partial charge in [0.1, 0.15) is 0 Å². The minimum Gasteiger partial charge on any atom is -0.374 e. The second-order valence-corrected chi connectivity index (χ2v) is 6.92. The number of fused-ring (bicyclic) bond motifs is 2. The number of benzene rings is 2. The Bertz CT molecular complexity index is 1010. The molecule has 0 radical (unpaired) electrons. The van der Waals surface area contributed by atoms with E-state index in [9.17, 15) is 4.79 Å². The van der Waals surface area contributed by atoms with Crippen LogP contribution < -0.4 is 10.2 Å². The highest BCUT2D eigenvalue weighted by Crippen LogP contribution is 2.29. The third-order valence-corrected chi connectivity index (χ3v) is 5.03. The Morgan fingerprint density at radius 3 is 2.62 bits per heavy atom. The second kappa shape index (κ2) is 6.41. The van der Waals surface area contributed by atoms with Crippen molar-refractivity contribution in [3.05, 3.63) is 58.9 Å². The van der Waals surface area contributed by atoms with E-state index in [-0.39, 0.29) is 5.91 Å². The van der Waals surface area contributed by atoms with Gasteiger partial charge in [-0.05, 0) is 62.6 Å². The number of hydrogen-bond acceptors (Lipinski definition) is 4. The Kier molecular flexibility index (Phi) is 4.07. The molecule has 0 unspecified atom stereocenters. The average molecular weight is 346 g/mol. The highest BCUT2D eigenvalue weighted by molar-refractivity contribution is 6.06. The van der Waals surface area contributed by atoms with Crippen LogP contribution in [0.5, 0.6) is 0 Å². The van der Waals surface area contributed by atoms with Crippen LogP contribution in [0.2, 0.25) is 0 Å². The molecular weight excluding hydrogens is 324 g/mol. The topological polar surface area (TPSA) is 58.1 Å². The van der Waals surface area contributed by atoms with Gasteiger partial charge < -0.3 is 10.2 Å². The summed E-state index contributed by atoms with van der Waals surface area (Å²) >= 11 is 0. The summed E-state index contributed by atoms with van der Waals surface area (Å²) in [5.41, 5.74) is 7.27. The molecule has 3 aromatic rings. The summed E-state index contributed by atoms with van der Waals surface area (Å²) in [6, 6.07) is 11.6. The Morgan fingerprint density at radius 1 is 1.04 bits per heavy atom. The lowest BCUT2D eigenvalue weighted by atomic mass is 10.0. The van der Waals surface area contributed by atoms with Crippen LogP contribution in [0.25, 0.3) is 11.0 Å². The molecule has 132 valence electrons. The Morgan fingerprint density at radius 2 is 1.81 bits per heavy atom. The first-order chi connectivity index (χ1) is 12.5. The number of nitrogens with zero attached hydrogens (tertiary/aromatic N) is 3. The van der Waals surface area contributed by atoms with E-state index >= 15 is 0 Å². The zero-order valence-corrected chi connectivity index (χ0v) is 15.3. The van der Waals surface area contributed by atoms with Crippen LogP contribution in [0, 0.1) is 13.8 Å². The molecule has 1 aromatic heterocycles. The van der Waals surface area contributed by atoms with Crippen LogP contribution >= 0.6 is 0 Å². The van der Waals surface area contributed by atoms with Gasteiger partial charge in [0.15, 0.2) is 0 Å². The quantitative estimate of drug-likeness (QED) is 0.765. The van der Waals surface area contributed by atoms with E-state index in [0.717, 1.165) is 41.1 Å². The lowest BCUT2D eigenvalue weighted by Crippen LogP contribution is -2.24. The fraction of sp³-hybridized carbons (Fsp3) is 0.286.